The molecule has 1 aromatic heterocycles. The second-order valence-corrected chi connectivity index (χ2v) is 12.8. The zero-order chi connectivity index (χ0) is 27.7. The molecule has 0 unspecified atom stereocenters. The monoisotopic (exact) mass is 547 g/mol. The Bertz CT molecular complexity index is 1330. The average Bonchev–Trinajstić information content (AvgIpc) is 3.39. The lowest BCUT2D eigenvalue weighted by Gasteiger charge is -2.41. The molecule has 2 aliphatic heterocycles. The molecule has 0 bridgehead atoms. The first-order valence-electron chi connectivity index (χ1n) is 13.9. The maximum atomic E-state index is 14.1. The van der Waals surface area contributed by atoms with Crippen LogP contribution in [0.1, 0.15) is 72.1 Å². The van der Waals surface area contributed by atoms with Gasteiger partial charge in [0.05, 0.1) is 6.04 Å². The van der Waals surface area contributed by atoms with E-state index in [2.05, 4.69) is 37.1 Å². The number of hydrogen-bond acceptors (Lipinski definition) is 4. The molecular weight excluding hydrogens is 509 g/mol. The van der Waals surface area contributed by atoms with E-state index in [1.54, 1.807) is 23.5 Å². The summed E-state index contributed by atoms with van der Waals surface area (Å²) in [5.74, 6) is -0.108. The van der Waals surface area contributed by atoms with Crippen LogP contribution < -0.4 is 0 Å². The molecule has 3 heterocycles. The summed E-state index contributed by atoms with van der Waals surface area (Å²) < 4.78 is 14.1. The van der Waals surface area contributed by atoms with E-state index in [0.717, 1.165) is 18.5 Å². The second-order valence-electron chi connectivity index (χ2n) is 11.8. The van der Waals surface area contributed by atoms with Gasteiger partial charge in [-0.15, -0.1) is 11.3 Å². The highest BCUT2D eigenvalue weighted by Gasteiger charge is 2.33. The van der Waals surface area contributed by atoms with Gasteiger partial charge in [0.2, 0.25) is 5.91 Å². The molecule has 2 aromatic carbocycles. The smallest absolute Gasteiger partial charge is 0.254 e. The van der Waals surface area contributed by atoms with Gasteiger partial charge in [-0.1, -0.05) is 45.0 Å². The maximum Gasteiger partial charge on any atom is 0.254 e. The van der Waals surface area contributed by atoms with Gasteiger partial charge in [-0.05, 0) is 71.2 Å². The number of thiophene rings is 1. The van der Waals surface area contributed by atoms with Crippen LogP contribution in [-0.2, 0) is 16.6 Å². The molecule has 2 atom stereocenters. The number of carbonyl (C=O) groups excluding carboxylic acids is 2. The van der Waals surface area contributed by atoms with Gasteiger partial charge in [0, 0.05) is 55.6 Å². The number of rotatable bonds is 5. The molecule has 2 aliphatic rings. The lowest BCUT2D eigenvalue weighted by molar-refractivity contribution is -0.134. The van der Waals surface area contributed by atoms with Crippen LogP contribution in [0.25, 0.3) is 0 Å². The van der Waals surface area contributed by atoms with Gasteiger partial charge in [0.25, 0.3) is 5.91 Å². The predicted octanol–water partition coefficient (Wildman–Crippen LogP) is 5.90. The van der Waals surface area contributed by atoms with Gasteiger partial charge >= 0.3 is 0 Å². The van der Waals surface area contributed by atoms with Crippen molar-refractivity contribution in [1.82, 2.24) is 14.7 Å². The first-order chi connectivity index (χ1) is 18.6. The van der Waals surface area contributed by atoms with Crippen molar-refractivity contribution in [2.45, 2.75) is 58.0 Å². The minimum Gasteiger partial charge on any atom is -0.339 e. The first-order valence-corrected chi connectivity index (χ1v) is 14.7. The molecule has 0 N–H and O–H groups in total. The van der Waals surface area contributed by atoms with Gasteiger partial charge in [0.15, 0.2) is 0 Å². The summed E-state index contributed by atoms with van der Waals surface area (Å²) in [6.07, 6.45) is 1.35. The van der Waals surface area contributed by atoms with Crippen molar-refractivity contribution in [1.29, 1.82) is 0 Å². The topological polar surface area (TPSA) is 43.9 Å². The van der Waals surface area contributed by atoms with E-state index in [0.29, 0.717) is 38.2 Å². The number of carbonyl (C=O) groups is 2. The fourth-order valence-electron chi connectivity index (χ4n) is 5.84. The van der Waals surface area contributed by atoms with Crippen molar-refractivity contribution >= 4 is 23.2 Å². The predicted molar refractivity (Wildman–Crippen MR) is 155 cm³/mol. The summed E-state index contributed by atoms with van der Waals surface area (Å²) >= 11 is 1.75. The zero-order valence-corrected chi connectivity index (χ0v) is 24.1. The maximum absolute atomic E-state index is 14.1. The molecule has 0 saturated carbocycles. The normalized spacial score (nSPS) is 20.1. The Morgan fingerprint density at radius 2 is 1.79 bits per heavy atom. The summed E-state index contributed by atoms with van der Waals surface area (Å²) in [4.78, 5) is 34.0. The molecule has 39 heavy (non-hydrogen) atoms. The molecule has 3 aromatic rings. The number of nitrogens with zero attached hydrogens (tertiary/aromatic N) is 3. The third-order valence-corrected chi connectivity index (χ3v) is 9.08. The van der Waals surface area contributed by atoms with Crippen LogP contribution >= 0.6 is 11.3 Å². The van der Waals surface area contributed by atoms with Crippen LogP contribution in [0.5, 0.6) is 0 Å². The number of halogens is 1. The van der Waals surface area contributed by atoms with Gasteiger partial charge in [-0.2, -0.15) is 0 Å². The highest BCUT2D eigenvalue weighted by Crippen LogP contribution is 2.38. The van der Waals surface area contributed by atoms with Crippen molar-refractivity contribution in [2.24, 2.45) is 0 Å². The van der Waals surface area contributed by atoms with Crippen LogP contribution in [0.2, 0.25) is 0 Å². The van der Waals surface area contributed by atoms with Gasteiger partial charge < -0.3 is 9.80 Å². The summed E-state index contributed by atoms with van der Waals surface area (Å²) in [5.41, 5.74) is 4.08. The molecule has 206 valence electrons. The van der Waals surface area contributed by atoms with E-state index in [9.17, 15) is 14.0 Å². The third kappa shape index (κ3) is 5.94. The zero-order valence-electron chi connectivity index (χ0n) is 23.3. The summed E-state index contributed by atoms with van der Waals surface area (Å²) in [5, 5.41) is 2.10. The Kier molecular flexibility index (Phi) is 7.92. The van der Waals surface area contributed by atoms with Crippen LogP contribution in [0.4, 0.5) is 4.39 Å². The summed E-state index contributed by atoms with van der Waals surface area (Å²) in [6.45, 7) is 11.6. The van der Waals surface area contributed by atoms with Crippen molar-refractivity contribution in [2.75, 3.05) is 32.7 Å². The average molecular weight is 548 g/mol. The SMILES string of the molecule is C[C@H]1CN(C(=O)CCN2CCc3sccc3[C@@H]2c2cccc(F)c2)CCN1C(=O)c1ccc(C(C)(C)C)cc1. The summed E-state index contributed by atoms with van der Waals surface area (Å²) in [6, 6.07) is 16.8. The fraction of sp³-hybridized carbons (Fsp3) is 0.438. The summed E-state index contributed by atoms with van der Waals surface area (Å²) in [7, 11) is 0. The molecule has 7 heteroatoms. The number of fused-ring (bicyclic) bond motifs is 1. The highest BCUT2D eigenvalue weighted by atomic mass is 32.1. The molecule has 1 fully saturated rings. The minimum absolute atomic E-state index is 0.0212. The third-order valence-electron chi connectivity index (χ3n) is 8.08. The molecule has 5 rings (SSSR count). The Morgan fingerprint density at radius 1 is 1.03 bits per heavy atom. The molecular formula is C32H38FN3O2S. The highest BCUT2D eigenvalue weighted by molar-refractivity contribution is 7.10. The largest absolute Gasteiger partial charge is 0.339 e. The first kappa shape index (κ1) is 27.5. The fourth-order valence-corrected chi connectivity index (χ4v) is 6.74. The Morgan fingerprint density at radius 3 is 2.49 bits per heavy atom. The number of amides is 2. The lowest BCUT2D eigenvalue weighted by atomic mass is 9.86. The second kappa shape index (κ2) is 11.2. The van der Waals surface area contributed by atoms with Gasteiger partial charge in [-0.25, -0.2) is 4.39 Å². The van der Waals surface area contributed by atoms with Crippen LogP contribution in [0, 0.1) is 5.82 Å². The van der Waals surface area contributed by atoms with Crippen molar-refractivity contribution in [3.8, 4) is 0 Å². The van der Waals surface area contributed by atoms with E-state index in [1.807, 2.05) is 47.1 Å². The van der Waals surface area contributed by atoms with E-state index < -0.39 is 0 Å². The number of hydrogen-bond donors (Lipinski definition) is 0. The number of piperazine rings is 1. The Balaban J connectivity index is 1.20. The van der Waals surface area contributed by atoms with Crippen molar-refractivity contribution in [3.63, 3.8) is 0 Å². The van der Waals surface area contributed by atoms with Crippen LogP contribution in [0.3, 0.4) is 0 Å². The van der Waals surface area contributed by atoms with Crippen molar-refractivity contribution < 1.29 is 14.0 Å². The van der Waals surface area contributed by atoms with Crippen LogP contribution in [-0.4, -0.2) is 65.3 Å². The van der Waals surface area contributed by atoms with E-state index >= 15 is 0 Å². The van der Waals surface area contributed by atoms with Crippen LogP contribution in [0.15, 0.2) is 60.0 Å². The minimum atomic E-state index is -0.238. The van der Waals surface area contributed by atoms with E-state index in [4.69, 9.17) is 0 Å². The van der Waals surface area contributed by atoms with Gasteiger partial charge in [-0.3, -0.25) is 14.5 Å². The molecule has 0 radical (unpaired) electrons. The van der Waals surface area contributed by atoms with E-state index in [-0.39, 0.29) is 35.1 Å². The molecule has 2 amide bonds. The Hall–Kier alpha value is -3.03. The van der Waals surface area contributed by atoms with E-state index in [1.165, 1.54) is 22.1 Å². The molecule has 5 nitrogen and oxygen atoms in total. The van der Waals surface area contributed by atoms with Gasteiger partial charge in [0.1, 0.15) is 5.82 Å². The quantitative estimate of drug-likeness (QED) is 0.400. The lowest BCUT2D eigenvalue weighted by Crippen LogP contribution is -2.55. The van der Waals surface area contributed by atoms with Crippen molar-refractivity contribution in [3.05, 3.63) is 92.9 Å². The Labute approximate surface area is 235 Å². The standard InChI is InChI=1S/C32H38FN3O2S/c1-22-21-35(17-18-36(22)31(38)23-8-10-25(11-9-23)32(2,3)4)29(37)13-16-34-15-12-28-27(14-19-39-28)30(34)24-6-5-7-26(33)20-24/h5-11,14,19-20,22,30H,12-13,15-18,21H2,1-4H3/t22-,30-/m0/s1. The molecule has 1 saturated heterocycles. The number of benzene rings is 2. The molecule has 0 aliphatic carbocycles. The molecule has 0 spiro atoms.